The lowest BCUT2D eigenvalue weighted by atomic mass is 10.2. The number of hydrogen-bond donors (Lipinski definition) is 0. The highest BCUT2D eigenvalue weighted by molar-refractivity contribution is 9.09. The van der Waals surface area contributed by atoms with E-state index in [2.05, 4.69) is 20.9 Å². The summed E-state index contributed by atoms with van der Waals surface area (Å²) in [6.45, 7) is 2.98. The van der Waals surface area contributed by atoms with Crippen LogP contribution in [0.2, 0.25) is 0 Å². The Morgan fingerprint density at radius 3 is 3.00 bits per heavy atom. The minimum atomic E-state index is -0.663. The van der Waals surface area contributed by atoms with E-state index in [1.165, 1.54) is 0 Å². The summed E-state index contributed by atoms with van der Waals surface area (Å²) in [5, 5.41) is 0.680. The van der Waals surface area contributed by atoms with Gasteiger partial charge in [-0.3, -0.25) is 0 Å². The van der Waals surface area contributed by atoms with Crippen molar-refractivity contribution in [2.45, 2.75) is 19.1 Å². The van der Waals surface area contributed by atoms with Crippen LogP contribution in [-0.2, 0) is 4.74 Å². The van der Waals surface area contributed by atoms with Crippen LogP contribution in [0.3, 0.4) is 0 Å². The molecule has 1 aliphatic heterocycles. The third-order valence-corrected chi connectivity index (χ3v) is 3.46. The summed E-state index contributed by atoms with van der Waals surface area (Å²) in [7, 11) is 0. The van der Waals surface area contributed by atoms with E-state index in [4.69, 9.17) is 4.74 Å². The number of nitrogens with zero attached hydrogens (tertiary/aromatic N) is 2. The maximum absolute atomic E-state index is 13.6. The Hall–Kier alpha value is -0.750. The molecule has 6 heteroatoms. The zero-order valence-corrected chi connectivity index (χ0v) is 11.0. The second-order valence-corrected chi connectivity index (χ2v) is 4.72. The van der Waals surface area contributed by atoms with Crippen LogP contribution in [0.15, 0.2) is 12.3 Å². The lowest BCUT2D eigenvalue weighted by Gasteiger charge is -2.38. The van der Waals surface area contributed by atoms with Crippen LogP contribution in [0, 0.1) is 11.6 Å². The van der Waals surface area contributed by atoms with E-state index in [-0.39, 0.29) is 18.0 Å². The van der Waals surface area contributed by atoms with Crippen molar-refractivity contribution in [1.82, 2.24) is 4.98 Å². The lowest BCUT2D eigenvalue weighted by Crippen LogP contribution is -2.49. The first-order chi connectivity index (χ1) is 8.11. The van der Waals surface area contributed by atoms with Gasteiger partial charge >= 0.3 is 0 Å². The third-order valence-electron chi connectivity index (χ3n) is 2.74. The predicted octanol–water partition coefficient (Wildman–Crippen LogP) is 2.35. The summed E-state index contributed by atoms with van der Waals surface area (Å²) in [4.78, 5) is 5.64. The minimum Gasteiger partial charge on any atom is -0.373 e. The van der Waals surface area contributed by atoms with Crippen molar-refractivity contribution in [3.63, 3.8) is 0 Å². The van der Waals surface area contributed by atoms with Gasteiger partial charge in [-0.05, 0) is 6.92 Å². The van der Waals surface area contributed by atoms with Crippen molar-refractivity contribution >= 4 is 21.7 Å². The molecular formula is C11H13BrF2N2O. The molecule has 1 aliphatic rings. The second-order valence-electron chi connectivity index (χ2n) is 4.07. The Bertz CT molecular complexity index is 405. The van der Waals surface area contributed by atoms with Gasteiger partial charge in [-0.1, -0.05) is 15.9 Å². The average Bonchev–Trinajstić information content (AvgIpc) is 2.30. The summed E-state index contributed by atoms with van der Waals surface area (Å²) in [6, 6.07) is 0.881. The van der Waals surface area contributed by atoms with Gasteiger partial charge in [-0.2, -0.15) is 0 Å². The number of aromatic nitrogens is 1. The normalized spacial score (nSPS) is 25.1. The van der Waals surface area contributed by atoms with E-state index in [1.807, 2.05) is 11.8 Å². The Morgan fingerprint density at radius 2 is 2.35 bits per heavy atom. The number of halogens is 3. The van der Waals surface area contributed by atoms with E-state index in [9.17, 15) is 8.78 Å². The molecule has 3 nitrogen and oxygen atoms in total. The first-order valence-corrected chi connectivity index (χ1v) is 6.49. The van der Waals surface area contributed by atoms with Gasteiger partial charge in [-0.25, -0.2) is 13.8 Å². The van der Waals surface area contributed by atoms with E-state index >= 15 is 0 Å². The molecule has 0 aromatic carbocycles. The van der Waals surface area contributed by atoms with Crippen LogP contribution in [0.4, 0.5) is 14.6 Å². The molecule has 0 bridgehead atoms. The zero-order chi connectivity index (χ0) is 12.4. The fourth-order valence-corrected chi connectivity index (χ4v) is 2.22. The summed E-state index contributed by atoms with van der Waals surface area (Å²) >= 11 is 3.34. The molecule has 2 atom stereocenters. The standard InChI is InChI=1S/C11H13BrF2N2O/c1-7-6-17-9(3-12)5-16(7)11-10(14)2-8(13)4-15-11/h2,4,7,9H,3,5-6H2,1H3. The molecule has 1 aromatic rings. The molecule has 0 spiro atoms. The quantitative estimate of drug-likeness (QED) is 0.784. The van der Waals surface area contributed by atoms with E-state index in [0.717, 1.165) is 12.3 Å². The van der Waals surface area contributed by atoms with Gasteiger partial charge < -0.3 is 9.64 Å². The molecule has 0 N–H and O–H groups in total. The number of alkyl halides is 1. The fourth-order valence-electron chi connectivity index (χ4n) is 1.82. The van der Waals surface area contributed by atoms with E-state index < -0.39 is 11.6 Å². The molecule has 94 valence electrons. The molecule has 0 amide bonds. The van der Waals surface area contributed by atoms with Gasteiger partial charge in [0.15, 0.2) is 11.6 Å². The molecule has 1 aromatic heterocycles. The summed E-state index contributed by atoms with van der Waals surface area (Å²) < 4.78 is 32.0. The van der Waals surface area contributed by atoms with Gasteiger partial charge in [0.05, 0.1) is 24.9 Å². The van der Waals surface area contributed by atoms with Gasteiger partial charge in [0, 0.05) is 17.9 Å². The largest absolute Gasteiger partial charge is 0.373 e. The number of ether oxygens (including phenoxy) is 1. The summed E-state index contributed by atoms with van der Waals surface area (Å²) in [5.41, 5.74) is 0. The maximum Gasteiger partial charge on any atom is 0.168 e. The Kier molecular flexibility index (Phi) is 3.93. The third kappa shape index (κ3) is 2.74. The highest BCUT2D eigenvalue weighted by atomic mass is 79.9. The summed E-state index contributed by atoms with van der Waals surface area (Å²) in [6.07, 6.45) is 1.03. The minimum absolute atomic E-state index is 0.00236. The number of anilines is 1. The molecule has 2 unspecified atom stereocenters. The monoisotopic (exact) mass is 306 g/mol. The van der Waals surface area contributed by atoms with Crippen LogP contribution in [0.5, 0.6) is 0 Å². The Labute approximate surface area is 107 Å². The van der Waals surface area contributed by atoms with Crippen molar-refractivity contribution < 1.29 is 13.5 Å². The molecule has 17 heavy (non-hydrogen) atoms. The number of rotatable bonds is 2. The van der Waals surface area contributed by atoms with E-state index in [0.29, 0.717) is 18.5 Å². The number of pyridine rings is 1. The molecular weight excluding hydrogens is 294 g/mol. The first kappa shape index (κ1) is 12.7. The molecule has 0 radical (unpaired) electrons. The van der Waals surface area contributed by atoms with Crippen molar-refractivity contribution in [3.8, 4) is 0 Å². The van der Waals surface area contributed by atoms with E-state index in [1.54, 1.807) is 0 Å². The van der Waals surface area contributed by atoms with Crippen molar-refractivity contribution in [3.05, 3.63) is 23.9 Å². The van der Waals surface area contributed by atoms with Crippen LogP contribution < -0.4 is 4.90 Å². The number of hydrogen-bond acceptors (Lipinski definition) is 3. The lowest BCUT2D eigenvalue weighted by molar-refractivity contribution is 0.0373. The molecule has 1 fully saturated rings. The summed E-state index contributed by atoms with van der Waals surface area (Å²) in [5.74, 6) is -1.11. The molecule has 1 saturated heterocycles. The van der Waals surface area contributed by atoms with Gasteiger partial charge in [0.1, 0.15) is 5.82 Å². The fraction of sp³-hybridized carbons (Fsp3) is 0.545. The Balaban J connectivity index is 2.24. The molecule has 0 aliphatic carbocycles. The van der Waals surface area contributed by atoms with Crippen LogP contribution in [-0.4, -0.2) is 35.6 Å². The second kappa shape index (κ2) is 5.27. The zero-order valence-electron chi connectivity index (χ0n) is 9.37. The molecule has 2 heterocycles. The van der Waals surface area contributed by atoms with Gasteiger partial charge in [0.2, 0.25) is 0 Å². The van der Waals surface area contributed by atoms with Crippen molar-refractivity contribution in [2.24, 2.45) is 0 Å². The predicted molar refractivity (Wildman–Crippen MR) is 64.5 cm³/mol. The molecule has 2 rings (SSSR count). The van der Waals surface area contributed by atoms with Gasteiger partial charge in [-0.15, -0.1) is 0 Å². The SMILES string of the molecule is CC1COC(CBr)CN1c1ncc(F)cc1F. The van der Waals surface area contributed by atoms with Crippen LogP contribution in [0.25, 0.3) is 0 Å². The highest BCUT2D eigenvalue weighted by Gasteiger charge is 2.28. The molecule has 0 saturated carbocycles. The van der Waals surface area contributed by atoms with Crippen LogP contribution in [0.1, 0.15) is 6.92 Å². The Morgan fingerprint density at radius 1 is 1.59 bits per heavy atom. The van der Waals surface area contributed by atoms with Crippen molar-refractivity contribution in [1.29, 1.82) is 0 Å². The number of morpholine rings is 1. The van der Waals surface area contributed by atoms with Gasteiger partial charge in [0.25, 0.3) is 0 Å². The average molecular weight is 307 g/mol. The topological polar surface area (TPSA) is 25.4 Å². The van der Waals surface area contributed by atoms with Crippen molar-refractivity contribution in [2.75, 3.05) is 23.4 Å². The van der Waals surface area contributed by atoms with Crippen LogP contribution >= 0.6 is 15.9 Å². The maximum atomic E-state index is 13.6. The highest BCUT2D eigenvalue weighted by Crippen LogP contribution is 2.23. The smallest absolute Gasteiger partial charge is 0.168 e. The first-order valence-electron chi connectivity index (χ1n) is 5.37.